The zero-order chi connectivity index (χ0) is 10.4. The second kappa shape index (κ2) is 5.38. The molecular weight excluding hydrogens is 218 g/mol. The van der Waals surface area contributed by atoms with Crippen LogP contribution in [0.15, 0.2) is 35.2 Å². The maximum atomic E-state index is 11.6. The normalized spacial score (nSPS) is 11.5. The van der Waals surface area contributed by atoms with E-state index in [1.807, 2.05) is 0 Å². The summed E-state index contributed by atoms with van der Waals surface area (Å²) in [7, 11) is -3.32. The van der Waals surface area contributed by atoms with Gasteiger partial charge in [-0.05, 0) is 24.3 Å². The highest BCUT2D eigenvalue weighted by atomic mass is 32.2. The zero-order valence-electron chi connectivity index (χ0n) is 7.68. The average Bonchev–Trinajstić information content (AvgIpc) is 2.19. The molecule has 1 aromatic carbocycles. The number of benzene rings is 1. The van der Waals surface area contributed by atoms with Crippen LogP contribution in [0.3, 0.4) is 0 Å². The lowest BCUT2D eigenvalue weighted by atomic mass is 10.4. The van der Waals surface area contributed by atoms with Gasteiger partial charge in [0, 0.05) is 6.54 Å². The first kappa shape index (κ1) is 11.6. The van der Waals surface area contributed by atoms with E-state index in [-0.39, 0.29) is 0 Å². The largest absolute Gasteiger partial charge is 0.240 e. The molecule has 3 nitrogen and oxygen atoms in total. The van der Waals surface area contributed by atoms with Crippen LogP contribution in [0, 0.1) is 0 Å². The Kier molecular flexibility index (Phi) is 4.44. The van der Waals surface area contributed by atoms with Gasteiger partial charge in [-0.3, -0.25) is 0 Å². The van der Waals surface area contributed by atoms with Crippen LogP contribution in [0.25, 0.3) is 0 Å². The third-order valence-electron chi connectivity index (χ3n) is 1.68. The third kappa shape index (κ3) is 3.32. The van der Waals surface area contributed by atoms with Gasteiger partial charge in [0.05, 0.1) is 4.90 Å². The summed E-state index contributed by atoms with van der Waals surface area (Å²) < 4.78 is 25.6. The Labute approximate surface area is 90.0 Å². The minimum Gasteiger partial charge on any atom is -0.211 e. The van der Waals surface area contributed by atoms with Crippen LogP contribution in [0.2, 0.25) is 0 Å². The molecule has 1 rings (SSSR count). The van der Waals surface area contributed by atoms with Crippen LogP contribution in [0.4, 0.5) is 0 Å². The van der Waals surface area contributed by atoms with E-state index >= 15 is 0 Å². The standard InChI is InChI=1S/C9H13NO2S2/c11-14(12,10-7-4-8-13)9-5-2-1-3-6-9/h1-3,5-6,10,13H,4,7-8H2. The van der Waals surface area contributed by atoms with Gasteiger partial charge >= 0.3 is 0 Å². The minimum absolute atomic E-state index is 0.305. The van der Waals surface area contributed by atoms with Crippen molar-refractivity contribution in [3.63, 3.8) is 0 Å². The summed E-state index contributed by atoms with van der Waals surface area (Å²) in [6.07, 6.45) is 0.731. The SMILES string of the molecule is O=S(=O)(NCCCS)c1ccccc1. The molecule has 0 aromatic heterocycles. The number of rotatable bonds is 5. The van der Waals surface area contributed by atoms with E-state index in [0.717, 1.165) is 6.42 Å². The van der Waals surface area contributed by atoms with Gasteiger partial charge in [-0.15, -0.1) is 0 Å². The smallest absolute Gasteiger partial charge is 0.211 e. The van der Waals surface area contributed by atoms with Gasteiger partial charge in [0.25, 0.3) is 0 Å². The third-order valence-corrected chi connectivity index (χ3v) is 3.47. The number of nitrogens with one attached hydrogen (secondary N) is 1. The summed E-state index contributed by atoms with van der Waals surface area (Å²) in [5.41, 5.74) is 0. The molecule has 0 aliphatic carbocycles. The van der Waals surface area contributed by atoms with Crippen molar-refractivity contribution >= 4 is 22.7 Å². The molecule has 0 unspecified atom stereocenters. The molecule has 0 saturated heterocycles. The van der Waals surface area contributed by atoms with Gasteiger partial charge in [-0.2, -0.15) is 12.6 Å². The van der Waals surface area contributed by atoms with Crippen molar-refractivity contribution in [2.24, 2.45) is 0 Å². The lowest BCUT2D eigenvalue weighted by Crippen LogP contribution is -2.24. The predicted molar refractivity (Wildman–Crippen MR) is 60.1 cm³/mol. The lowest BCUT2D eigenvalue weighted by molar-refractivity contribution is 0.581. The molecule has 0 aliphatic heterocycles. The highest BCUT2D eigenvalue weighted by Gasteiger charge is 2.11. The summed E-state index contributed by atoms with van der Waals surface area (Å²) in [6.45, 7) is 0.431. The molecule has 1 N–H and O–H groups in total. The van der Waals surface area contributed by atoms with Gasteiger partial charge in [0.2, 0.25) is 10.0 Å². The summed E-state index contributed by atoms with van der Waals surface area (Å²) >= 11 is 4.00. The van der Waals surface area contributed by atoms with Crippen molar-refractivity contribution in [3.8, 4) is 0 Å². The lowest BCUT2D eigenvalue weighted by Gasteiger charge is -2.04. The van der Waals surface area contributed by atoms with Crippen molar-refractivity contribution in [1.82, 2.24) is 4.72 Å². The molecule has 0 aliphatic rings. The average molecular weight is 231 g/mol. The Morgan fingerprint density at radius 1 is 1.21 bits per heavy atom. The Balaban J connectivity index is 2.67. The van der Waals surface area contributed by atoms with Crippen LogP contribution in [0.5, 0.6) is 0 Å². The van der Waals surface area contributed by atoms with Gasteiger partial charge in [-0.25, -0.2) is 13.1 Å². The molecule has 0 heterocycles. The van der Waals surface area contributed by atoms with Crippen molar-refractivity contribution < 1.29 is 8.42 Å². The zero-order valence-corrected chi connectivity index (χ0v) is 9.39. The molecule has 14 heavy (non-hydrogen) atoms. The quantitative estimate of drug-likeness (QED) is 0.592. The van der Waals surface area contributed by atoms with E-state index in [9.17, 15) is 8.42 Å². The molecule has 0 spiro atoms. The van der Waals surface area contributed by atoms with Gasteiger partial charge in [0.15, 0.2) is 0 Å². The molecule has 0 saturated carbocycles. The van der Waals surface area contributed by atoms with E-state index in [4.69, 9.17) is 0 Å². The minimum atomic E-state index is -3.32. The van der Waals surface area contributed by atoms with Gasteiger partial charge < -0.3 is 0 Å². The van der Waals surface area contributed by atoms with Crippen molar-refractivity contribution in [3.05, 3.63) is 30.3 Å². The molecule has 5 heteroatoms. The molecule has 78 valence electrons. The van der Waals surface area contributed by atoms with Crippen LogP contribution in [-0.2, 0) is 10.0 Å². The summed E-state index contributed by atoms with van der Waals surface area (Å²) in [4.78, 5) is 0.305. The second-order valence-corrected chi connectivity index (χ2v) is 5.00. The monoisotopic (exact) mass is 231 g/mol. The second-order valence-electron chi connectivity index (χ2n) is 2.79. The maximum Gasteiger partial charge on any atom is 0.240 e. The van der Waals surface area contributed by atoms with E-state index < -0.39 is 10.0 Å². The highest BCUT2D eigenvalue weighted by molar-refractivity contribution is 7.89. The van der Waals surface area contributed by atoms with Gasteiger partial charge in [-0.1, -0.05) is 18.2 Å². The number of hydrogen-bond acceptors (Lipinski definition) is 3. The fraction of sp³-hybridized carbons (Fsp3) is 0.333. The van der Waals surface area contributed by atoms with Crippen molar-refractivity contribution in [1.29, 1.82) is 0 Å². The Morgan fingerprint density at radius 3 is 2.43 bits per heavy atom. The molecule has 0 bridgehead atoms. The number of thiol groups is 1. The highest BCUT2D eigenvalue weighted by Crippen LogP contribution is 2.06. The van der Waals surface area contributed by atoms with E-state index in [0.29, 0.717) is 17.2 Å². The maximum absolute atomic E-state index is 11.6. The summed E-state index contributed by atoms with van der Waals surface area (Å²) in [5.74, 6) is 0.678. The molecule has 1 aromatic rings. The first-order valence-electron chi connectivity index (χ1n) is 4.32. The first-order chi connectivity index (χ1) is 6.67. The van der Waals surface area contributed by atoms with Crippen LogP contribution < -0.4 is 4.72 Å². The van der Waals surface area contributed by atoms with Crippen molar-refractivity contribution in [2.75, 3.05) is 12.3 Å². The van der Waals surface area contributed by atoms with Crippen molar-refractivity contribution in [2.45, 2.75) is 11.3 Å². The fourth-order valence-electron chi connectivity index (χ4n) is 0.969. The molecule has 0 atom stereocenters. The summed E-state index contributed by atoms with van der Waals surface area (Å²) in [5, 5.41) is 0. The molecular formula is C9H13NO2S2. The molecule has 0 fully saturated rings. The van der Waals surface area contributed by atoms with E-state index in [1.54, 1.807) is 30.3 Å². The van der Waals surface area contributed by atoms with E-state index in [2.05, 4.69) is 17.4 Å². The van der Waals surface area contributed by atoms with Crippen LogP contribution in [-0.4, -0.2) is 20.7 Å². The number of sulfonamides is 1. The Morgan fingerprint density at radius 2 is 1.86 bits per heavy atom. The van der Waals surface area contributed by atoms with Crippen LogP contribution >= 0.6 is 12.6 Å². The fourth-order valence-corrected chi connectivity index (χ4v) is 2.22. The topological polar surface area (TPSA) is 46.2 Å². The first-order valence-corrected chi connectivity index (χ1v) is 6.44. The Bertz CT molecular complexity index is 362. The van der Waals surface area contributed by atoms with E-state index in [1.165, 1.54) is 0 Å². The summed E-state index contributed by atoms with van der Waals surface area (Å²) in [6, 6.07) is 8.33. The predicted octanol–water partition coefficient (Wildman–Crippen LogP) is 1.28. The Hall–Kier alpha value is -0.520. The molecule has 0 amide bonds. The molecule has 0 radical (unpaired) electrons. The number of hydrogen-bond donors (Lipinski definition) is 2. The van der Waals surface area contributed by atoms with Gasteiger partial charge in [0.1, 0.15) is 0 Å². The van der Waals surface area contributed by atoms with Crippen LogP contribution in [0.1, 0.15) is 6.42 Å².